The van der Waals surface area contributed by atoms with Crippen molar-refractivity contribution in [1.29, 1.82) is 0 Å². The van der Waals surface area contributed by atoms with Crippen molar-refractivity contribution in [2.75, 3.05) is 37.2 Å². The van der Waals surface area contributed by atoms with Crippen LogP contribution in [0, 0.1) is 0 Å². The fraction of sp³-hybridized carbons (Fsp3) is 0.381. The number of likely N-dealkylation sites (N-methyl/N-ethyl adjacent to an activating group) is 1. The SMILES string of the molecule is CCCCN(CC)CCNC(=O)c1ccc(C(=O)Nc2ccccc2N)nc1. The highest BCUT2D eigenvalue weighted by Gasteiger charge is 2.12. The Hall–Kier alpha value is -2.93. The van der Waals surface area contributed by atoms with Gasteiger partial charge in [0.05, 0.1) is 16.9 Å². The largest absolute Gasteiger partial charge is 0.397 e. The van der Waals surface area contributed by atoms with Crippen molar-refractivity contribution in [2.24, 2.45) is 0 Å². The van der Waals surface area contributed by atoms with Crippen LogP contribution in [0.4, 0.5) is 11.4 Å². The number of pyridine rings is 1. The molecule has 2 rings (SSSR count). The zero-order valence-electron chi connectivity index (χ0n) is 16.6. The number of benzene rings is 1. The summed E-state index contributed by atoms with van der Waals surface area (Å²) in [4.78, 5) is 30.9. The first kappa shape index (κ1) is 21.4. The van der Waals surface area contributed by atoms with Crippen LogP contribution in [-0.4, -0.2) is 47.9 Å². The van der Waals surface area contributed by atoms with E-state index >= 15 is 0 Å². The molecule has 1 aromatic carbocycles. The van der Waals surface area contributed by atoms with Gasteiger partial charge in [0.1, 0.15) is 5.69 Å². The molecule has 0 spiro atoms. The van der Waals surface area contributed by atoms with Crippen LogP contribution in [0.15, 0.2) is 42.6 Å². The minimum absolute atomic E-state index is 0.196. The predicted octanol–water partition coefficient (Wildman–Crippen LogP) is 2.77. The van der Waals surface area contributed by atoms with Gasteiger partial charge in [-0.05, 0) is 43.8 Å². The van der Waals surface area contributed by atoms with E-state index in [1.165, 1.54) is 12.3 Å². The second kappa shape index (κ2) is 11.0. The number of nitrogens with zero attached hydrogens (tertiary/aromatic N) is 2. The molecule has 2 amide bonds. The number of hydrogen-bond acceptors (Lipinski definition) is 5. The van der Waals surface area contributed by atoms with E-state index in [1.54, 1.807) is 30.3 Å². The third-order valence-electron chi connectivity index (χ3n) is 4.46. The van der Waals surface area contributed by atoms with E-state index in [4.69, 9.17) is 5.73 Å². The highest BCUT2D eigenvalue weighted by atomic mass is 16.2. The number of nitrogen functional groups attached to an aromatic ring is 1. The summed E-state index contributed by atoms with van der Waals surface area (Å²) in [7, 11) is 0. The van der Waals surface area contributed by atoms with E-state index in [2.05, 4.69) is 34.4 Å². The van der Waals surface area contributed by atoms with Gasteiger partial charge in [-0.25, -0.2) is 0 Å². The topological polar surface area (TPSA) is 100 Å². The lowest BCUT2D eigenvalue weighted by Crippen LogP contribution is -2.35. The maximum absolute atomic E-state index is 12.3. The molecule has 7 heteroatoms. The maximum atomic E-state index is 12.3. The van der Waals surface area contributed by atoms with Gasteiger partial charge in [0, 0.05) is 19.3 Å². The number of anilines is 2. The molecule has 0 radical (unpaired) electrons. The second-order valence-corrected chi connectivity index (χ2v) is 6.52. The van der Waals surface area contributed by atoms with E-state index in [0.29, 0.717) is 23.5 Å². The van der Waals surface area contributed by atoms with Gasteiger partial charge in [0.25, 0.3) is 11.8 Å². The zero-order valence-corrected chi connectivity index (χ0v) is 16.6. The average Bonchev–Trinajstić information content (AvgIpc) is 2.72. The first-order valence-electron chi connectivity index (χ1n) is 9.67. The summed E-state index contributed by atoms with van der Waals surface area (Å²) in [6.07, 6.45) is 3.72. The number of hydrogen-bond donors (Lipinski definition) is 3. The Balaban J connectivity index is 1.86. The van der Waals surface area contributed by atoms with Gasteiger partial charge >= 0.3 is 0 Å². The number of carbonyl (C=O) groups is 2. The first-order chi connectivity index (χ1) is 13.5. The van der Waals surface area contributed by atoms with Crippen molar-refractivity contribution in [3.8, 4) is 0 Å². The highest BCUT2D eigenvalue weighted by molar-refractivity contribution is 6.04. The van der Waals surface area contributed by atoms with Gasteiger partial charge in [-0.1, -0.05) is 32.4 Å². The van der Waals surface area contributed by atoms with E-state index in [1.807, 2.05) is 0 Å². The molecular formula is C21H29N5O2. The van der Waals surface area contributed by atoms with Crippen molar-refractivity contribution in [3.63, 3.8) is 0 Å². The van der Waals surface area contributed by atoms with Crippen LogP contribution in [0.3, 0.4) is 0 Å². The lowest BCUT2D eigenvalue weighted by molar-refractivity contribution is 0.0946. The van der Waals surface area contributed by atoms with E-state index in [0.717, 1.165) is 32.5 Å². The number of amides is 2. The quantitative estimate of drug-likeness (QED) is 0.548. The number of rotatable bonds is 10. The van der Waals surface area contributed by atoms with Crippen molar-refractivity contribution in [3.05, 3.63) is 53.9 Å². The Kier molecular flexibility index (Phi) is 8.42. The summed E-state index contributed by atoms with van der Waals surface area (Å²) in [5, 5.41) is 5.61. The van der Waals surface area contributed by atoms with Crippen molar-refractivity contribution < 1.29 is 9.59 Å². The Labute approximate surface area is 166 Å². The van der Waals surface area contributed by atoms with E-state index in [-0.39, 0.29) is 17.5 Å². The third kappa shape index (κ3) is 6.35. The van der Waals surface area contributed by atoms with Crippen LogP contribution in [0.25, 0.3) is 0 Å². The minimum atomic E-state index is -0.376. The molecule has 1 heterocycles. The van der Waals surface area contributed by atoms with Gasteiger partial charge in [-0.2, -0.15) is 0 Å². The van der Waals surface area contributed by atoms with Gasteiger partial charge < -0.3 is 21.3 Å². The minimum Gasteiger partial charge on any atom is -0.397 e. The average molecular weight is 383 g/mol. The highest BCUT2D eigenvalue weighted by Crippen LogP contribution is 2.17. The monoisotopic (exact) mass is 383 g/mol. The molecule has 7 nitrogen and oxygen atoms in total. The van der Waals surface area contributed by atoms with Crippen LogP contribution in [0.5, 0.6) is 0 Å². The van der Waals surface area contributed by atoms with Crippen molar-refractivity contribution in [1.82, 2.24) is 15.2 Å². The van der Waals surface area contributed by atoms with Gasteiger partial charge in [-0.3, -0.25) is 14.6 Å². The molecule has 0 aliphatic rings. The molecule has 0 aliphatic heterocycles. The molecule has 0 saturated carbocycles. The van der Waals surface area contributed by atoms with Crippen molar-refractivity contribution >= 4 is 23.2 Å². The van der Waals surface area contributed by atoms with Crippen LogP contribution in [-0.2, 0) is 0 Å². The molecule has 28 heavy (non-hydrogen) atoms. The first-order valence-corrected chi connectivity index (χ1v) is 9.67. The molecule has 1 aromatic heterocycles. The van der Waals surface area contributed by atoms with Crippen LogP contribution < -0.4 is 16.4 Å². The smallest absolute Gasteiger partial charge is 0.274 e. The second-order valence-electron chi connectivity index (χ2n) is 6.52. The summed E-state index contributed by atoms with van der Waals surface area (Å²) >= 11 is 0. The number of aromatic nitrogens is 1. The fourth-order valence-electron chi connectivity index (χ4n) is 2.70. The predicted molar refractivity (Wildman–Crippen MR) is 112 cm³/mol. The maximum Gasteiger partial charge on any atom is 0.274 e. The molecule has 0 atom stereocenters. The standard InChI is InChI=1S/C21H29N5O2/c1-3-5-13-26(4-2)14-12-23-20(27)16-10-11-19(24-15-16)21(28)25-18-9-7-6-8-17(18)22/h6-11,15H,3-5,12-14,22H2,1-2H3,(H,23,27)(H,25,28). The van der Waals surface area contributed by atoms with E-state index in [9.17, 15) is 9.59 Å². The molecule has 0 aliphatic carbocycles. The Morgan fingerprint density at radius 3 is 2.50 bits per heavy atom. The summed E-state index contributed by atoms with van der Waals surface area (Å²) in [6.45, 7) is 7.68. The Morgan fingerprint density at radius 1 is 1.07 bits per heavy atom. The molecule has 150 valence electrons. The van der Waals surface area contributed by atoms with Gasteiger partial charge in [0.15, 0.2) is 0 Å². The number of nitrogens with one attached hydrogen (secondary N) is 2. The Bertz CT molecular complexity index is 777. The summed E-state index contributed by atoms with van der Waals surface area (Å²) in [6, 6.07) is 10.1. The number of para-hydroxylation sites is 2. The van der Waals surface area contributed by atoms with Crippen LogP contribution >= 0.6 is 0 Å². The third-order valence-corrected chi connectivity index (χ3v) is 4.46. The number of unbranched alkanes of at least 4 members (excludes halogenated alkanes) is 1. The zero-order chi connectivity index (χ0) is 20.4. The lowest BCUT2D eigenvalue weighted by atomic mass is 10.2. The molecule has 4 N–H and O–H groups in total. The summed E-state index contributed by atoms with van der Waals surface area (Å²) in [5.74, 6) is -0.572. The molecule has 0 fully saturated rings. The number of nitrogens with two attached hydrogens (primary N) is 1. The van der Waals surface area contributed by atoms with Gasteiger partial charge in [0.2, 0.25) is 0 Å². The lowest BCUT2D eigenvalue weighted by Gasteiger charge is -2.20. The van der Waals surface area contributed by atoms with Crippen molar-refractivity contribution in [2.45, 2.75) is 26.7 Å². The summed E-state index contributed by atoms with van der Waals surface area (Å²) < 4.78 is 0. The van der Waals surface area contributed by atoms with Crippen LogP contribution in [0.1, 0.15) is 47.5 Å². The van der Waals surface area contributed by atoms with Gasteiger partial charge in [-0.15, -0.1) is 0 Å². The Morgan fingerprint density at radius 2 is 1.86 bits per heavy atom. The molecule has 2 aromatic rings. The molecule has 0 saturated heterocycles. The van der Waals surface area contributed by atoms with E-state index < -0.39 is 0 Å². The molecule has 0 unspecified atom stereocenters. The molecular weight excluding hydrogens is 354 g/mol. The normalized spacial score (nSPS) is 10.7. The van der Waals surface area contributed by atoms with Crippen LogP contribution in [0.2, 0.25) is 0 Å². The summed E-state index contributed by atoms with van der Waals surface area (Å²) in [5.41, 5.74) is 7.47. The molecule has 0 bridgehead atoms. The fourth-order valence-corrected chi connectivity index (χ4v) is 2.70. The number of carbonyl (C=O) groups excluding carboxylic acids is 2.